The van der Waals surface area contributed by atoms with Crippen molar-refractivity contribution < 1.29 is 19.4 Å². The van der Waals surface area contributed by atoms with Crippen molar-refractivity contribution in [1.82, 2.24) is 0 Å². The summed E-state index contributed by atoms with van der Waals surface area (Å²) in [6.07, 6.45) is 0. The van der Waals surface area contributed by atoms with Crippen LogP contribution in [0.25, 0.3) is 32.7 Å². The van der Waals surface area contributed by atoms with Gasteiger partial charge in [-0.1, -0.05) is 81.4 Å². The first kappa shape index (κ1) is 23.5. The van der Waals surface area contributed by atoms with E-state index in [9.17, 15) is 14.7 Å². The quantitative estimate of drug-likeness (QED) is 0.254. The lowest BCUT2D eigenvalue weighted by molar-refractivity contribution is -0.268. The van der Waals surface area contributed by atoms with Crippen LogP contribution in [0.2, 0.25) is 0 Å². The number of ether oxygens (including phenoxy) is 1. The Morgan fingerprint density at radius 3 is 1.91 bits per heavy atom. The third-order valence-corrected chi connectivity index (χ3v) is 6.06. The van der Waals surface area contributed by atoms with Gasteiger partial charge in [-0.3, -0.25) is 4.79 Å². The second-order valence-corrected chi connectivity index (χ2v) is 10.5. The monoisotopic (exact) mass is 453 g/mol. The van der Waals surface area contributed by atoms with Crippen LogP contribution in [0, 0.1) is 10.8 Å². The molecular weight excluding hydrogens is 424 g/mol. The Kier molecular flexibility index (Phi) is 5.94. The highest BCUT2D eigenvalue weighted by molar-refractivity contribution is 6.13. The van der Waals surface area contributed by atoms with Crippen LogP contribution in [0.4, 0.5) is 0 Å². The van der Waals surface area contributed by atoms with Gasteiger partial charge in [0.25, 0.3) is 0 Å². The zero-order valence-corrected chi connectivity index (χ0v) is 20.3. The van der Waals surface area contributed by atoms with E-state index in [1.165, 1.54) is 6.07 Å². The van der Waals surface area contributed by atoms with Crippen LogP contribution in [-0.4, -0.2) is 18.4 Å². The molecule has 174 valence electrons. The molecule has 0 atom stereocenters. The summed E-state index contributed by atoms with van der Waals surface area (Å²) in [5.74, 6) is -0.877. The molecule has 0 radical (unpaired) electrons. The summed E-state index contributed by atoms with van der Waals surface area (Å²) in [5.41, 5.74) is 0.366. The van der Waals surface area contributed by atoms with Gasteiger partial charge in [-0.25, -0.2) is 4.79 Å². The second-order valence-electron chi connectivity index (χ2n) is 10.5. The van der Waals surface area contributed by atoms with E-state index in [1.807, 2.05) is 69.3 Å². The molecule has 0 N–H and O–H groups in total. The Morgan fingerprint density at radius 2 is 1.35 bits per heavy atom. The maximum absolute atomic E-state index is 13.0. The average molecular weight is 454 g/mol. The fraction of sp³-hybridized carbons (Fsp3) is 0.267. The van der Waals surface area contributed by atoms with Gasteiger partial charge in [-0.05, 0) is 58.7 Å². The molecule has 0 fully saturated rings. The molecule has 4 nitrogen and oxygen atoms in total. The molecule has 4 heteroatoms. The van der Waals surface area contributed by atoms with Crippen LogP contribution in [-0.2, 0) is 9.53 Å². The molecule has 0 amide bonds. The molecule has 0 aliphatic carbocycles. The zero-order chi connectivity index (χ0) is 24.7. The third-order valence-electron chi connectivity index (χ3n) is 6.06. The molecule has 4 rings (SSSR count). The van der Waals surface area contributed by atoms with Gasteiger partial charge in [-0.15, -0.1) is 5.75 Å². The molecular formula is C30H29O4-. The van der Waals surface area contributed by atoms with Crippen molar-refractivity contribution in [2.75, 3.05) is 6.61 Å². The number of hydrogen-bond donors (Lipinski definition) is 0. The van der Waals surface area contributed by atoms with Crippen LogP contribution in [0.5, 0.6) is 5.75 Å². The largest absolute Gasteiger partial charge is 0.872 e. The highest BCUT2D eigenvalue weighted by Gasteiger charge is 2.37. The molecule has 4 aromatic carbocycles. The average Bonchev–Trinajstić information content (AvgIpc) is 2.79. The summed E-state index contributed by atoms with van der Waals surface area (Å²) < 4.78 is 5.53. The molecule has 0 saturated carbocycles. The molecule has 34 heavy (non-hydrogen) atoms. The van der Waals surface area contributed by atoms with E-state index in [1.54, 1.807) is 26.0 Å². The second kappa shape index (κ2) is 8.60. The number of esters is 1. The molecule has 0 saturated heterocycles. The van der Waals surface area contributed by atoms with Gasteiger partial charge in [0, 0.05) is 5.41 Å². The Hall–Kier alpha value is -3.66. The van der Waals surface area contributed by atoms with E-state index in [-0.39, 0.29) is 23.7 Å². The number of hydrogen-bond acceptors (Lipinski definition) is 4. The number of Topliss-reactive ketones (excluding diaryl/α,β-unsaturated/α-hetero) is 1. The van der Waals surface area contributed by atoms with E-state index in [2.05, 4.69) is 6.07 Å². The summed E-state index contributed by atoms with van der Waals surface area (Å²) in [6.45, 7) is 9.02. The van der Waals surface area contributed by atoms with Crippen LogP contribution < -0.4 is 5.11 Å². The molecule has 0 unspecified atom stereocenters. The van der Waals surface area contributed by atoms with E-state index in [0.29, 0.717) is 5.56 Å². The highest BCUT2D eigenvalue weighted by atomic mass is 16.5. The van der Waals surface area contributed by atoms with E-state index in [4.69, 9.17) is 4.74 Å². The molecule has 0 bridgehead atoms. The van der Waals surface area contributed by atoms with Gasteiger partial charge in [0.1, 0.15) is 12.4 Å². The number of rotatable bonds is 5. The Labute approximate surface area is 200 Å². The first-order valence-electron chi connectivity index (χ1n) is 11.4. The predicted octanol–water partition coefficient (Wildman–Crippen LogP) is 6.53. The first-order chi connectivity index (χ1) is 16.0. The lowest BCUT2D eigenvalue weighted by Gasteiger charge is -2.30. The van der Waals surface area contributed by atoms with Gasteiger partial charge >= 0.3 is 5.97 Å². The molecule has 0 aliphatic rings. The minimum atomic E-state index is -0.836. The van der Waals surface area contributed by atoms with Crippen LogP contribution in [0.15, 0.2) is 72.8 Å². The summed E-state index contributed by atoms with van der Waals surface area (Å²) in [6, 6.07) is 22.7. The SMILES string of the molecule is CC(C)(C)C(=O)C(C)(C)COC(=O)c1cc([O-])cc(-c2c3ccccc3cc3ccccc23)c1. The van der Waals surface area contributed by atoms with Gasteiger partial charge in [0.15, 0.2) is 0 Å². The molecule has 4 aromatic rings. The van der Waals surface area contributed by atoms with Gasteiger partial charge in [-0.2, -0.15) is 0 Å². The van der Waals surface area contributed by atoms with Crippen molar-refractivity contribution in [1.29, 1.82) is 0 Å². The fourth-order valence-corrected chi connectivity index (χ4v) is 4.60. The van der Waals surface area contributed by atoms with E-state index < -0.39 is 16.8 Å². The summed E-state index contributed by atoms with van der Waals surface area (Å²) >= 11 is 0. The van der Waals surface area contributed by atoms with Crippen LogP contribution in [0.1, 0.15) is 45.0 Å². The molecule has 0 heterocycles. The number of benzene rings is 4. The van der Waals surface area contributed by atoms with Crippen molar-refractivity contribution >= 4 is 33.3 Å². The van der Waals surface area contributed by atoms with Gasteiger partial charge in [0.05, 0.1) is 11.0 Å². The number of carbonyl (C=O) groups excluding carboxylic acids is 2. The summed E-state index contributed by atoms with van der Waals surface area (Å²) in [5, 5.41) is 16.8. The smallest absolute Gasteiger partial charge is 0.338 e. The standard InChI is InChI=1S/C30H30O4/c1-29(2,3)28(33)30(4,5)18-34-27(32)22-15-21(16-23(31)17-22)26-24-12-8-6-10-19(24)14-20-11-7-9-13-25(20)26/h6-17,31H,18H2,1-5H3/p-1. The summed E-state index contributed by atoms with van der Waals surface area (Å²) in [4.78, 5) is 25.7. The van der Waals surface area contributed by atoms with Gasteiger partial charge < -0.3 is 9.84 Å². The van der Waals surface area contributed by atoms with E-state index in [0.717, 1.165) is 27.1 Å². The Morgan fingerprint density at radius 1 is 0.794 bits per heavy atom. The van der Waals surface area contributed by atoms with E-state index >= 15 is 0 Å². The van der Waals surface area contributed by atoms with Crippen molar-refractivity contribution in [3.63, 3.8) is 0 Å². The topological polar surface area (TPSA) is 66.4 Å². The lowest BCUT2D eigenvalue weighted by Crippen LogP contribution is -2.38. The molecule has 0 aliphatic heterocycles. The minimum absolute atomic E-state index is 0.00768. The van der Waals surface area contributed by atoms with Crippen LogP contribution >= 0.6 is 0 Å². The molecule has 0 aromatic heterocycles. The highest BCUT2D eigenvalue weighted by Crippen LogP contribution is 2.38. The zero-order valence-electron chi connectivity index (χ0n) is 20.3. The maximum atomic E-state index is 13.0. The van der Waals surface area contributed by atoms with Gasteiger partial charge in [0.2, 0.25) is 0 Å². The number of fused-ring (bicyclic) bond motifs is 2. The normalized spacial score (nSPS) is 12.1. The minimum Gasteiger partial charge on any atom is -0.872 e. The predicted molar refractivity (Wildman–Crippen MR) is 135 cm³/mol. The molecule has 0 spiro atoms. The maximum Gasteiger partial charge on any atom is 0.338 e. The van der Waals surface area contributed by atoms with Crippen molar-refractivity contribution in [2.24, 2.45) is 10.8 Å². The Balaban J connectivity index is 1.74. The lowest BCUT2D eigenvalue weighted by atomic mass is 9.75. The van der Waals surface area contributed by atoms with Crippen LogP contribution in [0.3, 0.4) is 0 Å². The Bertz CT molecular complexity index is 1350. The fourth-order valence-electron chi connectivity index (χ4n) is 4.60. The first-order valence-corrected chi connectivity index (χ1v) is 11.4. The van der Waals surface area contributed by atoms with Crippen molar-refractivity contribution in [3.05, 3.63) is 78.4 Å². The number of carbonyl (C=O) groups is 2. The van der Waals surface area contributed by atoms with Crippen molar-refractivity contribution in [3.8, 4) is 16.9 Å². The number of ketones is 1. The third kappa shape index (κ3) is 4.54. The summed E-state index contributed by atoms with van der Waals surface area (Å²) in [7, 11) is 0. The van der Waals surface area contributed by atoms with Crippen molar-refractivity contribution in [2.45, 2.75) is 34.6 Å².